The Hall–Kier alpha value is -1.63. The number of para-hydroxylation sites is 1. The maximum Gasteiger partial charge on any atom is 0.256 e. The van der Waals surface area contributed by atoms with E-state index >= 15 is 0 Å². The first-order chi connectivity index (χ1) is 9.94. The zero-order valence-corrected chi connectivity index (χ0v) is 12.7. The maximum atomic E-state index is 13.9. The summed E-state index contributed by atoms with van der Waals surface area (Å²) in [6.45, 7) is 2.83. The number of nitrogens with zero attached hydrogens (tertiary/aromatic N) is 1. The van der Waals surface area contributed by atoms with Gasteiger partial charge in [-0.05, 0) is 18.6 Å². The molecular formula is C14H19FN2O3S. The topological polar surface area (TPSA) is 66.5 Å². The zero-order valence-electron chi connectivity index (χ0n) is 11.9. The van der Waals surface area contributed by atoms with Gasteiger partial charge in [-0.15, -0.1) is 0 Å². The number of carbonyl (C=O) groups excluding carboxylic acids is 1. The first kappa shape index (κ1) is 15.8. The first-order valence-electron chi connectivity index (χ1n) is 6.96. The Morgan fingerprint density at radius 1 is 1.33 bits per heavy atom. The Bertz CT molecular complexity index is 617. The molecule has 1 N–H and O–H groups in total. The van der Waals surface area contributed by atoms with Crippen LogP contribution < -0.4 is 5.32 Å². The molecule has 0 aliphatic carbocycles. The summed E-state index contributed by atoms with van der Waals surface area (Å²) in [5, 5.41) is 2.93. The van der Waals surface area contributed by atoms with Gasteiger partial charge in [-0.1, -0.05) is 13.0 Å². The number of hydrogen-bond acceptors (Lipinski definition) is 4. The van der Waals surface area contributed by atoms with Crippen LogP contribution in [0.5, 0.6) is 0 Å². The smallest absolute Gasteiger partial charge is 0.256 e. The Kier molecular flexibility index (Phi) is 4.82. The Balaban J connectivity index is 2.21. The van der Waals surface area contributed by atoms with Crippen LogP contribution in [0.2, 0.25) is 0 Å². The number of sulfone groups is 1. The third-order valence-electron chi connectivity index (χ3n) is 3.43. The van der Waals surface area contributed by atoms with Crippen LogP contribution in [-0.2, 0) is 9.84 Å². The van der Waals surface area contributed by atoms with Crippen molar-refractivity contribution in [3.63, 3.8) is 0 Å². The second kappa shape index (κ2) is 6.43. The number of nitrogens with one attached hydrogen (secondary N) is 1. The molecular weight excluding hydrogens is 295 g/mol. The van der Waals surface area contributed by atoms with Crippen molar-refractivity contribution >= 4 is 21.4 Å². The number of carbonyl (C=O) groups is 1. The van der Waals surface area contributed by atoms with E-state index in [0.717, 1.165) is 6.42 Å². The van der Waals surface area contributed by atoms with E-state index in [1.807, 2.05) is 6.92 Å². The normalized spacial score (nSPS) is 17.5. The van der Waals surface area contributed by atoms with Gasteiger partial charge in [0.15, 0.2) is 9.84 Å². The van der Waals surface area contributed by atoms with Gasteiger partial charge in [0.25, 0.3) is 5.91 Å². The molecule has 0 saturated carbocycles. The van der Waals surface area contributed by atoms with E-state index in [0.29, 0.717) is 6.54 Å². The highest BCUT2D eigenvalue weighted by Crippen LogP contribution is 2.22. The summed E-state index contributed by atoms with van der Waals surface area (Å²) in [4.78, 5) is 13.9. The van der Waals surface area contributed by atoms with E-state index < -0.39 is 15.7 Å². The molecule has 1 aromatic rings. The summed E-state index contributed by atoms with van der Waals surface area (Å²) in [5.74, 6) is -0.876. The van der Waals surface area contributed by atoms with Gasteiger partial charge >= 0.3 is 0 Å². The number of benzene rings is 1. The van der Waals surface area contributed by atoms with Crippen molar-refractivity contribution in [2.45, 2.75) is 13.3 Å². The molecule has 2 rings (SSSR count). The summed E-state index contributed by atoms with van der Waals surface area (Å²) in [7, 11) is -3.05. The second-order valence-electron chi connectivity index (χ2n) is 5.03. The third-order valence-corrected chi connectivity index (χ3v) is 5.04. The number of hydrogen-bond donors (Lipinski definition) is 1. The molecule has 1 aliphatic rings. The van der Waals surface area contributed by atoms with Crippen LogP contribution in [0.15, 0.2) is 18.2 Å². The molecule has 7 heteroatoms. The second-order valence-corrected chi connectivity index (χ2v) is 7.34. The highest BCUT2D eigenvalue weighted by atomic mass is 32.2. The van der Waals surface area contributed by atoms with Crippen LogP contribution in [0.25, 0.3) is 0 Å². The standard InChI is InChI=1S/C14H19FN2O3S/c1-2-6-16-13-11(4-3-5-12(13)15)14(18)17-7-9-21(19,20)10-8-17/h3-5,16H,2,6-10H2,1H3. The van der Waals surface area contributed by atoms with Gasteiger partial charge < -0.3 is 10.2 Å². The van der Waals surface area contributed by atoms with Crippen LogP contribution in [-0.4, -0.2) is 50.4 Å². The van der Waals surface area contributed by atoms with Crippen molar-refractivity contribution in [3.8, 4) is 0 Å². The Morgan fingerprint density at radius 3 is 2.62 bits per heavy atom. The maximum absolute atomic E-state index is 13.9. The van der Waals surface area contributed by atoms with E-state index in [9.17, 15) is 17.6 Å². The molecule has 21 heavy (non-hydrogen) atoms. The van der Waals surface area contributed by atoms with Crippen molar-refractivity contribution in [3.05, 3.63) is 29.6 Å². The van der Waals surface area contributed by atoms with E-state index in [-0.39, 0.29) is 41.8 Å². The molecule has 1 amide bonds. The van der Waals surface area contributed by atoms with Gasteiger partial charge in [-0.3, -0.25) is 4.79 Å². The Morgan fingerprint density at radius 2 is 2.00 bits per heavy atom. The minimum Gasteiger partial charge on any atom is -0.382 e. The molecule has 1 saturated heterocycles. The monoisotopic (exact) mass is 314 g/mol. The average molecular weight is 314 g/mol. The predicted molar refractivity (Wildman–Crippen MR) is 79.7 cm³/mol. The van der Waals surface area contributed by atoms with Gasteiger partial charge in [-0.25, -0.2) is 12.8 Å². The molecule has 0 atom stereocenters. The molecule has 5 nitrogen and oxygen atoms in total. The van der Waals surface area contributed by atoms with Gasteiger partial charge in [0.2, 0.25) is 0 Å². The van der Waals surface area contributed by atoms with Crippen molar-refractivity contribution in [1.82, 2.24) is 4.90 Å². The lowest BCUT2D eigenvalue weighted by Gasteiger charge is -2.27. The lowest BCUT2D eigenvalue weighted by Crippen LogP contribution is -2.44. The van der Waals surface area contributed by atoms with Crippen LogP contribution in [0.1, 0.15) is 23.7 Å². The van der Waals surface area contributed by atoms with Gasteiger partial charge in [0, 0.05) is 19.6 Å². The summed E-state index contributed by atoms with van der Waals surface area (Å²) < 4.78 is 36.7. The molecule has 1 aromatic carbocycles. The summed E-state index contributed by atoms with van der Waals surface area (Å²) in [6, 6.07) is 4.35. The lowest BCUT2D eigenvalue weighted by atomic mass is 10.1. The molecule has 1 heterocycles. The number of rotatable bonds is 4. The number of halogens is 1. The van der Waals surface area contributed by atoms with Crippen LogP contribution in [0.3, 0.4) is 0 Å². The summed E-state index contributed by atoms with van der Waals surface area (Å²) >= 11 is 0. The molecule has 0 bridgehead atoms. The zero-order chi connectivity index (χ0) is 15.5. The highest BCUT2D eigenvalue weighted by Gasteiger charge is 2.27. The van der Waals surface area contributed by atoms with Crippen molar-refractivity contribution in [2.75, 3.05) is 36.5 Å². The van der Waals surface area contributed by atoms with Crippen LogP contribution in [0.4, 0.5) is 10.1 Å². The van der Waals surface area contributed by atoms with Crippen LogP contribution >= 0.6 is 0 Å². The van der Waals surface area contributed by atoms with Gasteiger partial charge in [-0.2, -0.15) is 0 Å². The molecule has 0 aromatic heterocycles. The molecule has 1 fully saturated rings. The minimum absolute atomic E-state index is 0.0359. The fraction of sp³-hybridized carbons (Fsp3) is 0.500. The van der Waals surface area contributed by atoms with E-state index in [1.54, 1.807) is 6.07 Å². The molecule has 1 aliphatic heterocycles. The first-order valence-corrected chi connectivity index (χ1v) is 8.79. The summed E-state index contributed by atoms with van der Waals surface area (Å²) in [5.41, 5.74) is 0.445. The van der Waals surface area contributed by atoms with Gasteiger partial charge in [0.1, 0.15) is 5.82 Å². The van der Waals surface area contributed by atoms with E-state index in [1.165, 1.54) is 17.0 Å². The van der Waals surface area contributed by atoms with Crippen molar-refractivity contribution in [1.29, 1.82) is 0 Å². The molecule has 0 radical (unpaired) electrons. The van der Waals surface area contributed by atoms with Crippen molar-refractivity contribution in [2.24, 2.45) is 0 Å². The van der Waals surface area contributed by atoms with Gasteiger partial charge in [0.05, 0.1) is 22.8 Å². The molecule has 0 spiro atoms. The van der Waals surface area contributed by atoms with E-state index in [4.69, 9.17) is 0 Å². The van der Waals surface area contributed by atoms with Crippen molar-refractivity contribution < 1.29 is 17.6 Å². The highest BCUT2D eigenvalue weighted by molar-refractivity contribution is 7.91. The average Bonchev–Trinajstić information content (AvgIpc) is 2.45. The third kappa shape index (κ3) is 3.72. The fourth-order valence-corrected chi connectivity index (χ4v) is 3.42. The molecule has 116 valence electrons. The largest absolute Gasteiger partial charge is 0.382 e. The fourth-order valence-electron chi connectivity index (χ4n) is 2.22. The summed E-state index contributed by atoms with van der Waals surface area (Å²) in [6.07, 6.45) is 0.809. The SMILES string of the molecule is CCCNc1c(F)cccc1C(=O)N1CCS(=O)(=O)CC1. The Labute approximate surface area is 124 Å². The number of anilines is 1. The quantitative estimate of drug-likeness (QED) is 0.915. The van der Waals surface area contributed by atoms with Crippen LogP contribution in [0, 0.1) is 5.82 Å². The predicted octanol–water partition coefficient (Wildman–Crippen LogP) is 1.52. The number of amides is 1. The minimum atomic E-state index is -3.05. The lowest BCUT2D eigenvalue weighted by molar-refractivity contribution is 0.0771. The van der Waals surface area contributed by atoms with E-state index in [2.05, 4.69) is 5.32 Å². The molecule has 0 unspecified atom stereocenters.